The van der Waals surface area contributed by atoms with E-state index in [0.717, 1.165) is 18.5 Å². The van der Waals surface area contributed by atoms with E-state index in [-0.39, 0.29) is 18.2 Å². The van der Waals surface area contributed by atoms with Gasteiger partial charge in [-0.15, -0.1) is 0 Å². The van der Waals surface area contributed by atoms with Crippen LogP contribution >= 0.6 is 0 Å². The van der Waals surface area contributed by atoms with Crippen LogP contribution in [0.25, 0.3) is 0 Å². The number of nitrogens with zero attached hydrogens (tertiary/aromatic N) is 1. The van der Waals surface area contributed by atoms with E-state index in [9.17, 15) is 9.59 Å². The number of carbonyl (C=O) groups excluding carboxylic acids is 2. The van der Waals surface area contributed by atoms with Gasteiger partial charge in [0.2, 0.25) is 5.91 Å². The number of hydrogen-bond donors (Lipinski definition) is 2. The van der Waals surface area contributed by atoms with E-state index in [1.54, 1.807) is 18.0 Å². The molecule has 1 aromatic carbocycles. The van der Waals surface area contributed by atoms with Crippen LogP contribution in [0.15, 0.2) is 18.2 Å². The van der Waals surface area contributed by atoms with Gasteiger partial charge in [0.15, 0.2) is 0 Å². The Balaban J connectivity index is 2.21. The normalized spacial score (nSPS) is 14.3. The summed E-state index contributed by atoms with van der Waals surface area (Å²) in [7, 11) is 1.78. The summed E-state index contributed by atoms with van der Waals surface area (Å²) in [4.78, 5) is 25.1. The Hall–Kier alpha value is -1.88. The van der Waals surface area contributed by atoms with Gasteiger partial charge in [0, 0.05) is 37.8 Å². The van der Waals surface area contributed by atoms with Gasteiger partial charge in [-0.2, -0.15) is 0 Å². The van der Waals surface area contributed by atoms with Crippen LogP contribution in [-0.4, -0.2) is 36.9 Å². The van der Waals surface area contributed by atoms with Crippen molar-refractivity contribution in [2.45, 2.75) is 12.8 Å². The SMILES string of the molecule is CN1CCc2ccc(NC(=O)CCN)cc2C1=O. The van der Waals surface area contributed by atoms with Crippen LogP contribution < -0.4 is 11.1 Å². The lowest BCUT2D eigenvalue weighted by molar-refractivity contribution is -0.116. The Labute approximate surface area is 106 Å². The summed E-state index contributed by atoms with van der Waals surface area (Å²) in [5.41, 5.74) is 7.67. The molecule has 0 aliphatic carbocycles. The molecule has 0 radical (unpaired) electrons. The zero-order chi connectivity index (χ0) is 13.1. The first-order chi connectivity index (χ1) is 8.61. The van der Waals surface area contributed by atoms with Crippen LogP contribution in [0.4, 0.5) is 5.69 Å². The molecular formula is C13H17N3O2. The summed E-state index contributed by atoms with van der Waals surface area (Å²) in [5, 5.41) is 2.74. The topological polar surface area (TPSA) is 75.4 Å². The molecule has 5 heteroatoms. The first kappa shape index (κ1) is 12.6. The van der Waals surface area contributed by atoms with Gasteiger partial charge in [0.1, 0.15) is 0 Å². The molecule has 2 amide bonds. The van der Waals surface area contributed by atoms with E-state index in [0.29, 0.717) is 17.8 Å². The smallest absolute Gasteiger partial charge is 0.253 e. The molecule has 18 heavy (non-hydrogen) atoms. The molecule has 5 nitrogen and oxygen atoms in total. The van der Waals surface area contributed by atoms with Crippen LogP contribution in [0, 0.1) is 0 Å². The predicted molar refractivity (Wildman–Crippen MR) is 69.4 cm³/mol. The number of rotatable bonds is 3. The summed E-state index contributed by atoms with van der Waals surface area (Å²) >= 11 is 0. The fourth-order valence-electron chi connectivity index (χ4n) is 2.02. The van der Waals surface area contributed by atoms with Crippen molar-refractivity contribution in [3.8, 4) is 0 Å². The number of anilines is 1. The van der Waals surface area contributed by atoms with E-state index in [2.05, 4.69) is 5.32 Å². The van der Waals surface area contributed by atoms with Crippen molar-refractivity contribution >= 4 is 17.5 Å². The molecule has 1 aromatic rings. The lowest BCUT2D eigenvalue weighted by Gasteiger charge is -2.25. The van der Waals surface area contributed by atoms with Gasteiger partial charge >= 0.3 is 0 Å². The lowest BCUT2D eigenvalue weighted by Crippen LogP contribution is -2.34. The quantitative estimate of drug-likeness (QED) is 0.821. The molecule has 2 rings (SSSR count). The molecule has 96 valence electrons. The Morgan fingerprint density at radius 2 is 2.28 bits per heavy atom. The summed E-state index contributed by atoms with van der Waals surface area (Å²) in [6, 6.07) is 5.46. The average molecular weight is 247 g/mol. The molecule has 0 unspecified atom stereocenters. The van der Waals surface area contributed by atoms with Gasteiger partial charge in [-0.05, 0) is 24.1 Å². The number of nitrogens with one attached hydrogen (secondary N) is 1. The lowest BCUT2D eigenvalue weighted by atomic mass is 9.99. The largest absolute Gasteiger partial charge is 0.341 e. The van der Waals surface area contributed by atoms with Crippen molar-refractivity contribution in [3.63, 3.8) is 0 Å². The zero-order valence-corrected chi connectivity index (χ0v) is 10.4. The Bertz CT molecular complexity index is 485. The molecule has 0 aromatic heterocycles. The van der Waals surface area contributed by atoms with Crippen LogP contribution in [-0.2, 0) is 11.2 Å². The molecule has 1 aliphatic heterocycles. The van der Waals surface area contributed by atoms with Crippen molar-refractivity contribution in [3.05, 3.63) is 29.3 Å². The highest BCUT2D eigenvalue weighted by Crippen LogP contribution is 2.22. The number of benzene rings is 1. The summed E-state index contributed by atoms with van der Waals surface area (Å²) in [6.45, 7) is 1.06. The van der Waals surface area contributed by atoms with Gasteiger partial charge in [-0.25, -0.2) is 0 Å². The van der Waals surface area contributed by atoms with Gasteiger partial charge in [0.05, 0.1) is 0 Å². The predicted octanol–water partition coefficient (Wildman–Crippen LogP) is 0.602. The highest BCUT2D eigenvalue weighted by molar-refractivity contribution is 5.99. The number of nitrogens with two attached hydrogens (primary N) is 1. The molecule has 0 fully saturated rings. The number of likely N-dealkylation sites (N-methyl/N-ethyl adjacent to an activating group) is 1. The average Bonchev–Trinajstić information content (AvgIpc) is 2.35. The minimum atomic E-state index is -0.130. The number of carbonyl (C=O) groups is 2. The molecule has 0 saturated heterocycles. The molecule has 0 spiro atoms. The van der Waals surface area contributed by atoms with Crippen molar-refractivity contribution in [2.24, 2.45) is 5.73 Å². The van der Waals surface area contributed by atoms with Crippen molar-refractivity contribution in [1.82, 2.24) is 4.90 Å². The third kappa shape index (κ3) is 2.51. The molecular weight excluding hydrogens is 230 g/mol. The second kappa shape index (κ2) is 5.18. The van der Waals surface area contributed by atoms with Gasteiger partial charge < -0.3 is 16.0 Å². The van der Waals surface area contributed by atoms with Crippen molar-refractivity contribution in [1.29, 1.82) is 0 Å². The Morgan fingerprint density at radius 1 is 1.50 bits per heavy atom. The molecule has 3 N–H and O–H groups in total. The minimum Gasteiger partial charge on any atom is -0.341 e. The Morgan fingerprint density at radius 3 is 3.00 bits per heavy atom. The highest BCUT2D eigenvalue weighted by atomic mass is 16.2. The third-order valence-electron chi connectivity index (χ3n) is 3.06. The molecule has 1 heterocycles. The zero-order valence-electron chi connectivity index (χ0n) is 10.4. The van der Waals surface area contributed by atoms with E-state index in [1.165, 1.54) is 0 Å². The first-order valence-electron chi connectivity index (χ1n) is 6.00. The van der Waals surface area contributed by atoms with E-state index >= 15 is 0 Å². The second-order valence-electron chi connectivity index (χ2n) is 4.44. The van der Waals surface area contributed by atoms with Crippen molar-refractivity contribution in [2.75, 3.05) is 25.5 Å². The summed E-state index contributed by atoms with van der Waals surface area (Å²) in [5.74, 6) is -0.125. The number of amides is 2. The Kier molecular flexibility index (Phi) is 3.62. The maximum Gasteiger partial charge on any atom is 0.253 e. The molecule has 1 aliphatic rings. The minimum absolute atomic E-state index is 0.00572. The molecule has 0 bridgehead atoms. The third-order valence-corrected chi connectivity index (χ3v) is 3.06. The first-order valence-corrected chi connectivity index (χ1v) is 6.00. The highest BCUT2D eigenvalue weighted by Gasteiger charge is 2.21. The molecule has 0 saturated carbocycles. The maximum atomic E-state index is 12.0. The van der Waals surface area contributed by atoms with E-state index < -0.39 is 0 Å². The van der Waals surface area contributed by atoms with E-state index in [4.69, 9.17) is 5.73 Å². The monoisotopic (exact) mass is 247 g/mol. The summed E-state index contributed by atoms with van der Waals surface area (Å²) < 4.78 is 0. The fraction of sp³-hybridized carbons (Fsp3) is 0.385. The van der Waals surface area contributed by atoms with Gasteiger partial charge in [-0.1, -0.05) is 6.07 Å². The van der Waals surface area contributed by atoms with Crippen LogP contribution in [0.1, 0.15) is 22.3 Å². The second-order valence-corrected chi connectivity index (χ2v) is 4.44. The van der Waals surface area contributed by atoms with Crippen LogP contribution in [0.5, 0.6) is 0 Å². The van der Waals surface area contributed by atoms with Crippen LogP contribution in [0.3, 0.4) is 0 Å². The summed E-state index contributed by atoms with van der Waals surface area (Å²) in [6.07, 6.45) is 1.14. The maximum absolute atomic E-state index is 12.0. The van der Waals surface area contributed by atoms with Crippen LogP contribution in [0.2, 0.25) is 0 Å². The molecule has 0 atom stereocenters. The van der Waals surface area contributed by atoms with Crippen molar-refractivity contribution < 1.29 is 9.59 Å². The van der Waals surface area contributed by atoms with Gasteiger partial charge in [0.25, 0.3) is 5.91 Å². The fourth-order valence-corrected chi connectivity index (χ4v) is 2.02. The van der Waals surface area contributed by atoms with E-state index in [1.807, 2.05) is 12.1 Å². The standard InChI is InChI=1S/C13H17N3O2/c1-16-7-5-9-2-3-10(8-11(9)13(16)18)15-12(17)4-6-14/h2-3,8H,4-7,14H2,1H3,(H,15,17). The van der Waals surface area contributed by atoms with Gasteiger partial charge in [-0.3, -0.25) is 9.59 Å². The number of fused-ring (bicyclic) bond motifs is 1. The number of hydrogen-bond acceptors (Lipinski definition) is 3.